The van der Waals surface area contributed by atoms with Crippen LogP contribution in [0.1, 0.15) is 41.8 Å². The van der Waals surface area contributed by atoms with Crippen LogP contribution >= 0.6 is 0 Å². The van der Waals surface area contributed by atoms with Crippen molar-refractivity contribution in [3.8, 4) is 0 Å². The van der Waals surface area contributed by atoms with Gasteiger partial charge >= 0.3 is 6.03 Å². The number of carbonyl (C=O) groups excluding carboxylic acids is 2. The Bertz CT molecular complexity index is 1350. The third-order valence-corrected chi connectivity index (χ3v) is 7.81. The number of hydrogen-bond donors (Lipinski definition) is 2. The number of rotatable bonds is 5. The van der Waals surface area contributed by atoms with Crippen LogP contribution in [0.2, 0.25) is 0 Å². The molecule has 3 aromatic rings. The summed E-state index contributed by atoms with van der Waals surface area (Å²) in [6.45, 7) is 8.65. The van der Waals surface area contributed by atoms with Crippen molar-refractivity contribution in [1.82, 2.24) is 9.80 Å². The van der Waals surface area contributed by atoms with Crippen molar-refractivity contribution in [3.63, 3.8) is 0 Å². The third kappa shape index (κ3) is 5.91. The number of nitrogens with one attached hydrogen (secondary N) is 2. The number of urea groups is 1. The van der Waals surface area contributed by atoms with Gasteiger partial charge in [-0.1, -0.05) is 44.2 Å². The van der Waals surface area contributed by atoms with Gasteiger partial charge in [0.1, 0.15) is 5.82 Å². The molecular formula is C31H36FN5O2. The number of hydrogen-bond acceptors (Lipinski definition) is 4. The third-order valence-electron chi connectivity index (χ3n) is 7.81. The Morgan fingerprint density at radius 3 is 2.38 bits per heavy atom. The summed E-state index contributed by atoms with van der Waals surface area (Å²) in [5, 5.41) is 6.33. The summed E-state index contributed by atoms with van der Waals surface area (Å²) in [6, 6.07) is 19.5. The van der Waals surface area contributed by atoms with Crippen molar-refractivity contribution in [2.75, 3.05) is 55.3 Å². The molecule has 39 heavy (non-hydrogen) atoms. The highest BCUT2D eigenvalue weighted by Crippen LogP contribution is 2.41. The first-order valence-corrected chi connectivity index (χ1v) is 13.5. The van der Waals surface area contributed by atoms with Gasteiger partial charge in [-0.25, -0.2) is 9.18 Å². The number of piperazine rings is 1. The van der Waals surface area contributed by atoms with E-state index in [0.29, 0.717) is 43.1 Å². The predicted molar refractivity (Wildman–Crippen MR) is 154 cm³/mol. The second-order valence-corrected chi connectivity index (χ2v) is 11.1. The van der Waals surface area contributed by atoms with E-state index < -0.39 is 0 Å². The quantitative estimate of drug-likeness (QED) is 0.455. The molecule has 204 valence electrons. The zero-order chi connectivity index (χ0) is 27.6. The van der Waals surface area contributed by atoms with Crippen molar-refractivity contribution in [3.05, 3.63) is 89.2 Å². The average molecular weight is 530 g/mol. The lowest BCUT2D eigenvalue weighted by Crippen LogP contribution is -2.54. The molecular weight excluding hydrogens is 493 g/mol. The van der Waals surface area contributed by atoms with Crippen LogP contribution in [0, 0.1) is 5.82 Å². The fourth-order valence-electron chi connectivity index (χ4n) is 5.25. The Labute approximate surface area is 229 Å². The minimum absolute atomic E-state index is 0.0265. The number of amides is 3. The first-order valence-electron chi connectivity index (χ1n) is 13.5. The molecule has 0 atom stereocenters. The van der Waals surface area contributed by atoms with Gasteiger partial charge in [-0.15, -0.1) is 0 Å². The van der Waals surface area contributed by atoms with Crippen molar-refractivity contribution < 1.29 is 14.0 Å². The van der Waals surface area contributed by atoms with Gasteiger partial charge in [-0.05, 0) is 66.4 Å². The monoisotopic (exact) mass is 529 g/mol. The predicted octanol–water partition coefficient (Wildman–Crippen LogP) is 5.55. The molecule has 3 aromatic carbocycles. The second-order valence-electron chi connectivity index (χ2n) is 11.1. The number of likely N-dealkylation sites (N-methyl/N-ethyl adjacent to an activating group) is 1. The number of halogens is 1. The standard InChI is InChI=1S/C31H36FN5O2/c1-31(2)14-15-37(30(39)36-18-16-35(3)17-19-36)28-20-24(12-13-26(28)31)34-29(38)25-6-4-5-7-27(25)33-21-22-8-10-23(32)11-9-22/h4-13,20,33H,14-19,21H2,1-3H3,(H,34,38). The van der Waals surface area contributed by atoms with E-state index in [1.165, 1.54) is 12.1 Å². The Hall–Kier alpha value is -3.91. The van der Waals surface area contributed by atoms with Crippen LogP contribution in [0.3, 0.4) is 0 Å². The number of benzene rings is 3. The van der Waals surface area contributed by atoms with E-state index >= 15 is 0 Å². The van der Waals surface area contributed by atoms with Crippen LogP contribution in [0.25, 0.3) is 0 Å². The van der Waals surface area contributed by atoms with Crippen molar-refractivity contribution in [2.24, 2.45) is 0 Å². The molecule has 1 saturated heterocycles. The van der Waals surface area contributed by atoms with E-state index in [1.54, 1.807) is 18.2 Å². The SMILES string of the molecule is CN1CCN(C(=O)N2CCC(C)(C)c3ccc(NC(=O)c4ccccc4NCc4ccc(F)cc4)cc32)CC1. The van der Waals surface area contributed by atoms with E-state index in [-0.39, 0.29) is 23.2 Å². The van der Waals surface area contributed by atoms with Crippen LogP contribution < -0.4 is 15.5 Å². The highest BCUT2D eigenvalue weighted by molar-refractivity contribution is 6.08. The van der Waals surface area contributed by atoms with Gasteiger partial charge in [0.15, 0.2) is 0 Å². The lowest BCUT2D eigenvalue weighted by Gasteiger charge is -2.42. The molecule has 3 amide bonds. The molecule has 2 heterocycles. The van der Waals surface area contributed by atoms with Crippen LogP contribution in [-0.2, 0) is 12.0 Å². The largest absolute Gasteiger partial charge is 0.380 e. The molecule has 0 aliphatic carbocycles. The molecule has 2 aliphatic rings. The molecule has 0 spiro atoms. The lowest BCUT2D eigenvalue weighted by molar-refractivity contribution is 0.102. The van der Waals surface area contributed by atoms with E-state index in [0.717, 1.165) is 36.3 Å². The average Bonchev–Trinajstić information content (AvgIpc) is 2.93. The summed E-state index contributed by atoms with van der Waals surface area (Å²) in [6.07, 6.45) is 0.873. The maximum absolute atomic E-state index is 13.6. The Morgan fingerprint density at radius 1 is 0.923 bits per heavy atom. The Morgan fingerprint density at radius 2 is 1.64 bits per heavy atom. The maximum Gasteiger partial charge on any atom is 0.324 e. The Balaban J connectivity index is 1.35. The number of para-hydroxylation sites is 1. The number of anilines is 3. The highest BCUT2D eigenvalue weighted by Gasteiger charge is 2.36. The summed E-state index contributed by atoms with van der Waals surface area (Å²) >= 11 is 0. The lowest BCUT2D eigenvalue weighted by atomic mass is 9.77. The van der Waals surface area contributed by atoms with Gasteiger partial charge in [0.2, 0.25) is 0 Å². The zero-order valence-corrected chi connectivity index (χ0v) is 22.8. The van der Waals surface area contributed by atoms with Gasteiger partial charge in [0, 0.05) is 50.6 Å². The molecule has 7 nitrogen and oxygen atoms in total. The second kappa shape index (κ2) is 11.1. The minimum Gasteiger partial charge on any atom is -0.380 e. The van der Waals surface area contributed by atoms with Gasteiger partial charge in [-0.2, -0.15) is 0 Å². The Kier molecular flexibility index (Phi) is 7.57. The van der Waals surface area contributed by atoms with Crippen LogP contribution in [0.4, 0.5) is 26.2 Å². The summed E-state index contributed by atoms with van der Waals surface area (Å²) in [4.78, 5) is 33.0. The summed E-state index contributed by atoms with van der Waals surface area (Å²) in [5.74, 6) is -0.528. The molecule has 2 aliphatic heterocycles. The molecule has 2 N–H and O–H groups in total. The molecule has 0 radical (unpaired) electrons. The van der Waals surface area contributed by atoms with E-state index in [2.05, 4.69) is 36.4 Å². The molecule has 0 saturated carbocycles. The van der Waals surface area contributed by atoms with Crippen molar-refractivity contribution in [1.29, 1.82) is 0 Å². The van der Waals surface area contributed by atoms with Crippen molar-refractivity contribution in [2.45, 2.75) is 32.2 Å². The van der Waals surface area contributed by atoms with Crippen LogP contribution in [0.15, 0.2) is 66.7 Å². The molecule has 0 aromatic heterocycles. The summed E-state index contributed by atoms with van der Waals surface area (Å²) in [5.41, 5.74) is 4.63. The minimum atomic E-state index is -0.282. The first-order chi connectivity index (χ1) is 18.7. The van der Waals surface area contributed by atoms with Crippen LogP contribution in [-0.4, -0.2) is 61.5 Å². The molecule has 0 unspecified atom stereocenters. The molecule has 1 fully saturated rings. The van der Waals surface area contributed by atoms with Gasteiger partial charge < -0.3 is 20.4 Å². The molecule has 0 bridgehead atoms. The summed E-state index contributed by atoms with van der Waals surface area (Å²) < 4.78 is 13.3. The van der Waals surface area contributed by atoms with Gasteiger partial charge in [0.25, 0.3) is 5.91 Å². The van der Waals surface area contributed by atoms with Gasteiger partial charge in [-0.3, -0.25) is 9.69 Å². The highest BCUT2D eigenvalue weighted by atomic mass is 19.1. The molecule has 5 rings (SSSR count). The number of fused-ring (bicyclic) bond motifs is 1. The maximum atomic E-state index is 13.6. The molecule has 8 heteroatoms. The fraction of sp³-hybridized carbons (Fsp3) is 0.355. The number of nitrogens with zero attached hydrogens (tertiary/aromatic N) is 3. The van der Waals surface area contributed by atoms with E-state index in [9.17, 15) is 14.0 Å². The fourth-order valence-corrected chi connectivity index (χ4v) is 5.25. The van der Waals surface area contributed by atoms with Crippen molar-refractivity contribution >= 4 is 29.0 Å². The zero-order valence-electron chi connectivity index (χ0n) is 22.8. The van der Waals surface area contributed by atoms with Crippen LogP contribution in [0.5, 0.6) is 0 Å². The normalized spacial score (nSPS) is 16.9. The smallest absolute Gasteiger partial charge is 0.324 e. The number of carbonyl (C=O) groups is 2. The van der Waals surface area contributed by atoms with E-state index in [1.807, 2.05) is 46.2 Å². The summed E-state index contributed by atoms with van der Waals surface area (Å²) in [7, 11) is 2.08. The first kappa shape index (κ1) is 26.7. The topological polar surface area (TPSA) is 67.9 Å². The van der Waals surface area contributed by atoms with Gasteiger partial charge in [0.05, 0.1) is 11.3 Å². The van der Waals surface area contributed by atoms with E-state index in [4.69, 9.17) is 0 Å².